The van der Waals surface area contributed by atoms with Gasteiger partial charge in [-0.3, -0.25) is 4.79 Å². The molecule has 3 aliphatic rings. The molecule has 2 N–H and O–H groups in total. The molecule has 0 aromatic heterocycles. The fourth-order valence-corrected chi connectivity index (χ4v) is 5.61. The second-order valence-electron chi connectivity index (χ2n) is 6.47. The summed E-state index contributed by atoms with van der Waals surface area (Å²) in [7, 11) is 0. The van der Waals surface area contributed by atoms with Crippen molar-refractivity contribution < 1.29 is 15.0 Å². The van der Waals surface area contributed by atoms with Crippen LogP contribution in [0.1, 0.15) is 32.1 Å². The normalized spacial score (nSPS) is 39.9. The number of carboxylic acids is 1. The number of thioether (sulfide) groups is 1. The second kappa shape index (κ2) is 5.65. The predicted molar refractivity (Wildman–Crippen MR) is 84.9 cm³/mol. The first-order valence-electron chi connectivity index (χ1n) is 7.63. The van der Waals surface area contributed by atoms with Gasteiger partial charge >= 0.3 is 5.97 Å². The summed E-state index contributed by atoms with van der Waals surface area (Å²) < 4.78 is 0. The summed E-state index contributed by atoms with van der Waals surface area (Å²) in [6.45, 7) is 8.42. The van der Waals surface area contributed by atoms with Gasteiger partial charge in [0.1, 0.15) is 0 Å². The number of aliphatic hydroxyl groups is 1. The number of carboxylic acid groups (broad SMARTS) is 1. The number of hydrogen-bond acceptors (Lipinski definition) is 3. The minimum Gasteiger partial charge on any atom is -0.481 e. The summed E-state index contributed by atoms with van der Waals surface area (Å²) in [6.07, 6.45) is 5.80. The molecule has 0 aromatic carbocycles. The molecular weight excluding hydrogens is 284 g/mol. The molecule has 3 nitrogen and oxygen atoms in total. The minimum atomic E-state index is -0.712. The Bertz CT molecular complexity index is 522. The second-order valence-corrected chi connectivity index (χ2v) is 7.69. The van der Waals surface area contributed by atoms with E-state index in [0.717, 1.165) is 24.8 Å². The van der Waals surface area contributed by atoms with Crippen LogP contribution in [0.2, 0.25) is 0 Å². The van der Waals surface area contributed by atoms with Gasteiger partial charge in [-0.15, -0.1) is 11.8 Å². The van der Waals surface area contributed by atoms with Crippen molar-refractivity contribution >= 4 is 17.7 Å². The van der Waals surface area contributed by atoms with Crippen molar-refractivity contribution in [3.8, 4) is 0 Å². The standard InChI is InChI=1S/C17H22O3S/c1-9-6-11(17(19)20)7-14(9)16-10(2)13-5-3-4-12(18)8-15(13)21-16/h8,11-14,16,18H,1-7H2,(H,19,20). The van der Waals surface area contributed by atoms with Crippen LogP contribution in [0.25, 0.3) is 0 Å². The molecule has 0 radical (unpaired) electrons. The van der Waals surface area contributed by atoms with E-state index in [9.17, 15) is 15.0 Å². The summed E-state index contributed by atoms with van der Waals surface area (Å²) in [5, 5.41) is 19.4. The molecule has 1 heterocycles. The van der Waals surface area contributed by atoms with Gasteiger partial charge in [-0.1, -0.05) is 24.3 Å². The lowest BCUT2D eigenvalue weighted by molar-refractivity contribution is -0.141. The molecule has 0 bridgehead atoms. The summed E-state index contributed by atoms with van der Waals surface area (Å²) in [6, 6.07) is 0. The van der Waals surface area contributed by atoms with Gasteiger partial charge < -0.3 is 10.2 Å². The van der Waals surface area contributed by atoms with Gasteiger partial charge in [0.15, 0.2) is 0 Å². The Morgan fingerprint density at radius 3 is 2.76 bits per heavy atom. The van der Waals surface area contributed by atoms with Gasteiger partial charge in [0.25, 0.3) is 0 Å². The molecule has 1 saturated heterocycles. The molecule has 1 aliphatic heterocycles. The van der Waals surface area contributed by atoms with Crippen molar-refractivity contribution in [1.82, 2.24) is 0 Å². The average Bonchev–Trinajstić information content (AvgIpc) is 2.86. The Morgan fingerprint density at radius 2 is 2.10 bits per heavy atom. The Balaban J connectivity index is 1.80. The topological polar surface area (TPSA) is 57.5 Å². The van der Waals surface area contributed by atoms with Crippen molar-refractivity contribution in [2.75, 3.05) is 0 Å². The fraction of sp³-hybridized carbons (Fsp3) is 0.588. The highest BCUT2D eigenvalue weighted by atomic mass is 32.2. The Hall–Kier alpha value is -1.00. The summed E-state index contributed by atoms with van der Waals surface area (Å²) in [5.41, 5.74) is 2.26. The third-order valence-corrected chi connectivity index (χ3v) is 6.63. The molecule has 114 valence electrons. The van der Waals surface area contributed by atoms with E-state index >= 15 is 0 Å². The Kier molecular flexibility index (Phi) is 4.02. The quantitative estimate of drug-likeness (QED) is 0.768. The molecule has 0 amide bonds. The molecule has 4 heteroatoms. The van der Waals surface area contributed by atoms with E-state index in [1.165, 1.54) is 10.5 Å². The molecule has 3 rings (SSSR count). The van der Waals surface area contributed by atoms with Crippen LogP contribution in [0.4, 0.5) is 0 Å². The van der Waals surface area contributed by atoms with Crippen molar-refractivity contribution in [2.24, 2.45) is 17.8 Å². The Labute approximate surface area is 129 Å². The first-order valence-corrected chi connectivity index (χ1v) is 8.51. The van der Waals surface area contributed by atoms with Crippen LogP contribution in [-0.4, -0.2) is 27.5 Å². The zero-order valence-electron chi connectivity index (χ0n) is 12.1. The molecule has 5 atom stereocenters. The van der Waals surface area contributed by atoms with Crippen LogP contribution >= 0.6 is 11.8 Å². The van der Waals surface area contributed by atoms with Crippen LogP contribution in [0.3, 0.4) is 0 Å². The number of aliphatic hydroxyl groups excluding tert-OH is 1. The maximum Gasteiger partial charge on any atom is 0.306 e. The van der Waals surface area contributed by atoms with E-state index in [1.54, 1.807) is 11.8 Å². The van der Waals surface area contributed by atoms with Gasteiger partial charge in [0.2, 0.25) is 0 Å². The molecule has 21 heavy (non-hydrogen) atoms. The van der Waals surface area contributed by atoms with Crippen LogP contribution < -0.4 is 0 Å². The van der Waals surface area contributed by atoms with E-state index in [1.807, 2.05) is 6.08 Å². The van der Waals surface area contributed by atoms with Crippen molar-refractivity contribution in [1.29, 1.82) is 0 Å². The zero-order valence-corrected chi connectivity index (χ0v) is 12.9. The maximum atomic E-state index is 11.2. The molecule has 2 fully saturated rings. The number of allylic oxidation sites excluding steroid dienone is 2. The predicted octanol–water partition coefficient (Wildman–Crippen LogP) is 3.37. The highest BCUT2D eigenvalue weighted by molar-refractivity contribution is 8.04. The maximum absolute atomic E-state index is 11.2. The summed E-state index contributed by atoms with van der Waals surface area (Å²) >= 11 is 1.78. The van der Waals surface area contributed by atoms with Gasteiger partial charge in [0, 0.05) is 11.2 Å². The lowest BCUT2D eigenvalue weighted by Gasteiger charge is -2.21. The summed E-state index contributed by atoms with van der Waals surface area (Å²) in [5.74, 6) is -0.431. The van der Waals surface area contributed by atoms with Gasteiger partial charge in [0.05, 0.1) is 12.0 Å². The highest BCUT2D eigenvalue weighted by Gasteiger charge is 2.44. The van der Waals surface area contributed by atoms with Crippen LogP contribution in [-0.2, 0) is 4.79 Å². The number of hydrogen-bond donors (Lipinski definition) is 2. The third kappa shape index (κ3) is 2.71. The van der Waals surface area contributed by atoms with E-state index in [0.29, 0.717) is 18.8 Å². The highest BCUT2D eigenvalue weighted by Crippen LogP contribution is 2.55. The zero-order chi connectivity index (χ0) is 15.1. The summed E-state index contributed by atoms with van der Waals surface area (Å²) in [4.78, 5) is 12.5. The minimum absolute atomic E-state index is 0.216. The molecule has 0 aromatic rings. The van der Waals surface area contributed by atoms with Crippen molar-refractivity contribution in [2.45, 2.75) is 43.5 Å². The molecule has 0 spiro atoms. The van der Waals surface area contributed by atoms with Gasteiger partial charge in [-0.05, 0) is 49.0 Å². The van der Waals surface area contributed by atoms with Crippen molar-refractivity contribution in [3.05, 3.63) is 35.3 Å². The van der Waals surface area contributed by atoms with Crippen molar-refractivity contribution in [3.63, 3.8) is 0 Å². The third-order valence-electron chi connectivity index (χ3n) is 5.05. The number of rotatable bonds is 2. The lowest BCUT2D eigenvalue weighted by Crippen LogP contribution is -2.18. The fourth-order valence-electron chi connectivity index (χ4n) is 3.86. The smallest absolute Gasteiger partial charge is 0.306 e. The first kappa shape index (κ1) is 14.9. The molecule has 5 unspecified atom stereocenters. The SMILES string of the molecule is C=C1CC(C(=O)O)CC1C1SC2=CC(O)CCCC2C1=C. The lowest BCUT2D eigenvalue weighted by atomic mass is 9.86. The van der Waals surface area contributed by atoms with E-state index in [4.69, 9.17) is 0 Å². The molecule has 2 aliphatic carbocycles. The van der Waals surface area contributed by atoms with E-state index in [2.05, 4.69) is 13.2 Å². The Morgan fingerprint density at radius 1 is 1.33 bits per heavy atom. The van der Waals surface area contributed by atoms with Gasteiger partial charge in [-0.2, -0.15) is 0 Å². The van der Waals surface area contributed by atoms with E-state index < -0.39 is 5.97 Å². The van der Waals surface area contributed by atoms with Crippen LogP contribution in [0.15, 0.2) is 35.3 Å². The monoisotopic (exact) mass is 306 g/mol. The molecular formula is C17H22O3S. The number of aliphatic carboxylic acids is 1. The van der Waals surface area contributed by atoms with Gasteiger partial charge in [-0.25, -0.2) is 0 Å². The number of carbonyl (C=O) groups is 1. The number of fused-ring (bicyclic) bond motifs is 1. The first-order chi connectivity index (χ1) is 9.97. The van der Waals surface area contributed by atoms with Crippen LogP contribution in [0.5, 0.6) is 0 Å². The average molecular weight is 306 g/mol. The largest absolute Gasteiger partial charge is 0.481 e. The van der Waals surface area contributed by atoms with Crippen LogP contribution in [0, 0.1) is 17.8 Å². The van der Waals surface area contributed by atoms with E-state index in [-0.39, 0.29) is 23.2 Å². The molecule has 1 saturated carbocycles.